The maximum absolute atomic E-state index is 13.9. The molecule has 3 rings (SSSR count). The third-order valence-electron chi connectivity index (χ3n) is 6.62. The Morgan fingerprint density at radius 2 is 1.33 bits per heavy atom. The topological polar surface area (TPSA) is 72.9 Å². The van der Waals surface area contributed by atoms with Crippen LogP contribution in [0.2, 0.25) is 13.1 Å². The Labute approximate surface area is 197 Å². The van der Waals surface area contributed by atoms with Gasteiger partial charge in [-0.05, 0) is 50.1 Å². The molecule has 0 bridgehead atoms. The molecular weight excluding hydrogens is 434 g/mol. The van der Waals surface area contributed by atoms with Crippen LogP contribution in [0.15, 0.2) is 54.6 Å². The third-order valence-corrected chi connectivity index (χ3v) is 7.44. The molecule has 0 saturated carbocycles. The fourth-order valence-corrected chi connectivity index (χ4v) is 5.67. The Hall–Kier alpha value is -2.77. The number of nitrogens with zero attached hydrogens (tertiary/aromatic N) is 1. The van der Waals surface area contributed by atoms with Gasteiger partial charge in [-0.2, -0.15) is 0 Å². The molecule has 2 aromatic rings. The minimum atomic E-state index is -1.71. The van der Waals surface area contributed by atoms with Crippen LogP contribution in [0.3, 0.4) is 0 Å². The first-order valence-electron chi connectivity index (χ1n) is 11.0. The molecule has 0 spiro atoms. The smallest absolute Gasteiger partial charge is 0.335 e. The highest BCUT2D eigenvalue weighted by atomic mass is 28.3. The van der Waals surface area contributed by atoms with Gasteiger partial charge in [-0.15, -0.1) is 0 Å². The van der Waals surface area contributed by atoms with Crippen LogP contribution in [0.4, 0.5) is 0 Å². The van der Waals surface area contributed by atoms with Gasteiger partial charge >= 0.3 is 5.97 Å². The zero-order chi connectivity index (χ0) is 24.6. The number of hydrogen-bond acceptors (Lipinski definition) is 5. The van der Waals surface area contributed by atoms with E-state index in [0.29, 0.717) is 0 Å². The number of carbonyl (C=O) groups excluding carboxylic acids is 3. The Kier molecular flexibility index (Phi) is 6.69. The second kappa shape index (κ2) is 8.87. The lowest BCUT2D eigenvalue weighted by molar-refractivity contribution is -0.181. The van der Waals surface area contributed by atoms with E-state index in [0.717, 1.165) is 10.5 Å². The summed E-state index contributed by atoms with van der Waals surface area (Å²) in [5.74, 6) is -1.72. The maximum Gasteiger partial charge on any atom is 0.335 e. The van der Waals surface area contributed by atoms with E-state index in [9.17, 15) is 14.4 Å². The van der Waals surface area contributed by atoms with Crippen LogP contribution in [0.5, 0.6) is 0 Å². The summed E-state index contributed by atoms with van der Waals surface area (Å²) in [6, 6.07) is 15.9. The van der Waals surface area contributed by atoms with Crippen molar-refractivity contribution in [3.05, 3.63) is 71.3 Å². The number of hydrogen-bond donors (Lipinski definition) is 0. The van der Waals surface area contributed by atoms with Crippen molar-refractivity contribution in [3.63, 3.8) is 0 Å². The zero-order valence-electron chi connectivity index (χ0n) is 20.4. The Morgan fingerprint density at radius 3 is 1.79 bits per heavy atom. The number of esters is 1. The molecule has 33 heavy (non-hydrogen) atoms. The van der Waals surface area contributed by atoms with Crippen LogP contribution in [0.1, 0.15) is 60.9 Å². The average Bonchev–Trinajstić information content (AvgIpc) is 3.01. The summed E-state index contributed by atoms with van der Waals surface area (Å²) in [5, 5.41) is 0. The van der Waals surface area contributed by atoms with Gasteiger partial charge in [0, 0.05) is 0 Å². The van der Waals surface area contributed by atoms with E-state index in [-0.39, 0.29) is 17.7 Å². The van der Waals surface area contributed by atoms with E-state index in [4.69, 9.17) is 9.16 Å². The molecule has 0 saturated heterocycles. The predicted molar refractivity (Wildman–Crippen MR) is 128 cm³/mol. The SMILES string of the molecule is C[Si](C)O[C@](C)(C(C)(C)C)[C@@](C)(C(=O)OCc1ccccc1)N1C(=O)c2ccccc2C1=O. The van der Waals surface area contributed by atoms with Crippen LogP contribution in [-0.4, -0.2) is 42.9 Å². The van der Waals surface area contributed by atoms with Crippen LogP contribution in [0.25, 0.3) is 0 Å². The molecule has 0 N–H and O–H groups in total. The van der Waals surface area contributed by atoms with Gasteiger partial charge in [-0.1, -0.05) is 63.2 Å². The lowest BCUT2D eigenvalue weighted by Gasteiger charge is -2.55. The molecule has 6 nitrogen and oxygen atoms in total. The van der Waals surface area contributed by atoms with E-state index in [1.165, 1.54) is 0 Å². The first kappa shape index (κ1) is 24.9. The van der Waals surface area contributed by atoms with E-state index >= 15 is 0 Å². The molecule has 1 radical (unpaired) electrons. The monoisotopic (exact) mass is 466 g/mol. The minimum Gasteiger partial charge on any atom is -0.459 e. The number of amides is 2. The maximum atomic E-state index is 13.9. The molecule has 2 aromatic carbocycles. The normalized spacial score (nSPS) is 17.5. The quantitative estimate of drug-likeness (QED) is 0.331. The van der Waals surface area contributed by atoms with Gasteiger partial charge in [-0.3, -0.25) is 14.5 Å². The number of benzene rings is 2. The molecule has 1 aliphatic rings. The molecule has 1 heterocycles. The molecule has 0 fully saturated rings. The second-order valence-corrected chi connectivity index (χ2v) is 11.9. The van der Waals surface area contributed by atoms with Gasteiger partial charge in [0.1, 0.15) is 6.61 Å². The summed E-state index contributed by atoms with van der Waals surface area (Å²) in [6.45, 7) is 13.2. The molecular formula is C26H32NO5Si. The van der Waals surface area contributed by atoms with Crippen LogP contribution >= 0.6 is 0 Å². The van der Waals surface area contributed by atoms with Crippen molar-refractivity contribution in [2.75, 3.05) is 0 Å². The van der Waals surface area contributed by atoms with Crippen molar-refractivity contribution in [1.29, 1.82) is 0 Å². The Balaban J connectivity index is 2.15. The van der Waals surface area contributed by atoms with Crippen LogP contribution < -0.4 is 0 Å². The van der Waals surface area contributed by atoms with Crippen LogP contribution in [0, 0.1) is 5.41 Å². The molecule has 1 aliphatic heterocycles. The third kappa shape index (κ3) is 4.15. The molecule has 2 atom stereocenters. The average molecular weight is 467 g/mol. The first-order valence-corrected chi connectivity index (χ1v) is 13.4. The van der Waals surface area contributed by atoms with Crippen molar-refractivity contribution in [2.45, 2.75) is 65.5 Å². The Bertz CT molecular complexity index is 1030. The highest BCUT2D eigenvalue weighted by Crippen LogP contribution is 2.48. The number of imide groups is 1. The van der Waals surface area contributed by atoms with Gasteiger partial charge in [0.2, 0.25) is 9.04 Å². The summed E-state index contributed by atoms with van der Waals surface area (Å²) < 4.78 is 12.3. The van der Waals surface area contributed by atoms with E-state index in [1.807, 2.05) is 64.2 Å². The first-order chi connectivity index (χ1) is 15.3. The standard InChI is InChI=1S/C26H32NO5Si/c1-24(2,3)26(5,32-33(6)7)25(4,23(30)31-17-18-13-9-8-10-14-18)27-21(28)19-15-11-12-16-20(19)22(27)29/h8-16H,17H2,1-7H3/t25-,26-/m1/s1. The molecule has 175 valence electrons. The largest absolute Gasteiger partial charge is 0.459 e. The van der Waals surface area contributed by atoms with Crippen molar-refractivity contribution >= 4 is 26.8 Å². The number of rotatable bonds is 7. The second-order valence-electron chi connectivity index (χ2n) is 9.92. The zero-order valence-corrected chi connectivity index (χ0v) is 21.4. The molecule has 0 aromatic heterocycles. The van der Waals surface area contributed by atoms with Crippen molar-refractivity contribution in [1.82, 2.24) is 4.90 Å². The number of fused-ring (bicyclic) bond motifs is 1. The van der Waals surface area contributed by atoms with Crippen molar-refractivity contribution < 1.29 is 23.5 Å². The minimum absolute atomic E-state index is 0.0225. The van der Waals surface area contributed by atoms with Gasteiger partial charge in [0.25, 0.3) is 11.8 Å². The van der Waals surface area contributed by atoms with E-state index in [1.54, 1.807) is 38.1 Å². The van der Waals surface area contributed by atoms with Crippen molar-refractivity contribution in [3.8, 4) is 0 Å². The molecule has 0 aliphatic carbocycles. The van der Waals surface area contributed by atoms with Crippen LogP contribution in [-0.2, 0) is 20.6 Å². The summed E-state index contributed by atoms with van der Waals surface area (Å²) in [6.07, 6.45) is 0. The fourth-order valence-electron chi connectivity index (χ4n) is 4.35. The summed E-state index contributed by atoms with van der Waals surface area (Å²) in [7, 11) is -1.34. The van der Waals surface area contributed by atoms with E-state index in [2.05, 4.69) is 0 Å². The van der Waals surface area contributed by atoms with E-state index < -0.39 is 43.4 Å². The van der Waals surface area contributed by atoms with Gasteiger partial charge < -0.3 is 9.16 Å². The molecule has 0 unspecified atom stereocenters. The van der Waals surface area contributed by atoms with Gasteiger partial charge in [-0.25, -0.2) is 4.79 Å². The molecule has 2 amide bonds. The summed E-state index contributed by atoms with van der Waals surface area (Å²) in [5.41, 5.74) is -2.19. The number of ether oxygens (including phenoxy) is 1. The van der Waals surface area contributed by atoms with Gasteiger partial charge in [0.15, 0.2) is 5.54 Å². The Morgan fingerprint density at radius 1 is 0.848 bits per heavy atom. The number of carbonyl (C=O) groups is 3. The lowest BCUT2D eigenvalue weighted by atomic mass is 9.65. The van der Waals surface area contributed by atoms with Crippen molar-refractivity contribution in [2.24, 2.45) is 5.41 Å². The fraction of sp³-hybridized carbons (Fsp3) is 0.423. The highest BCUT2D eigenvalue weighted by molar-refractivity contribution is 6.48. The lowest BCUT2D eigenvalue weighted by Crippen LogP contribution is -2.73. The summed E-state index contributed by atoms with van der Waals surface area (Å²) in [4.78, 5) is 42.0. The highest BCUT2D eigenvalue weighted by Gasteiger charge is 2.65. The predicted octanol–water partition coefficient (Wildman–Crippen LogP) is 4.86. The van der Waals surface area contributed by atoms with Gasteiger partial charge in [0.05, 0.1) is 16.7 Å². The molecule has 7 heteroatoms. The summed E-state index contributed by atoms with van der Waals surface area (Å²) >= 11 is 0.